The average molecular weight is 358 g/mol. The van der Waals surface area contributed by atoms with Crippen LogP contribution in [-0.2, 0) is 19.1 Å². The van der Waals surface area contributed by atoms with Crippen molar-refractivity contribution < 1.29 is 34.1 Å². The lowest BCUT2D eigenvalue weighted by atomic mass is 10.3. The van der Waals surface area contributed by atoms with Gasteiger partial charge in [0.1, 0.15) is 6.54 Å². The molecule has 0 aromatic carbocycles. The normalized spacial score (nSPS) is 16.6. The number of aliphatic hydroxyl groups is 2. The van der Waals surface area contributed by atoms with Crippen molar-refractivity contribution >= 4 is 18.0 Å². The zero-order valence-corrected chi connectivity index (χ0v) is 14.6. The van der Waals surface area contributed by atoms with Crippen molar-refractivity contribution in [1.82, 2.24) is 9.80 Å². The van der Waals surface area contributed by atoms with Gasteiger partial charge in [-0.05, 0) is 12.5 Å². The van der Waals surface area contributed by atoms with Crippen LogP contribution in [0, 0.1) is 0 Å². The van der Waals surface area contributed by atoms with Crippen LogP contribution in [-0.4, -0.2) is 70.2 Å². The Kier molecular flexibility index (Phi) is 8.93. The van der Waals surface area contributed by atoms with Crippen molar-refractivity contribution in [3.8, 4) is 0 Å². The SMILES string of the molecule is CCCCOC(=O)C(O)N1C=CCN(CC(=O)OC(O)CCC)C1=O. The number of unbranched alkanes of at least 4 members (excludes halogenated alkanes) is 1. The standard InChI is InChI=1S/C16H26N2O7/c1-3-5-10-24-15(22)14(21)18-9-6-8-17(16(18)23)11-13(20)25-12(19)7-4-2/h6,9,12,14,19,21H,3-5,7-8,10-11H2,1-2H3. The Labute approximate surface area is 146 Å². The summed E-state index contributed by atoms with van der Waals surface area (Å²) in [6.07, 6.45) is 2.19. The molecular weight excluding hydrogens is 332 g/mol. The van der Waals surface area contributed by atoms with E-state index in [4.69, 9.17) is 9.47 Å². The molecule has 1 aliphatic rings. The maximum atomic E-state index is 12.3. The number of carbonyl (C=O) groups excluding carboxylic acids is 3. The van der Waals surface area contributed by atoms with Gasteiger partial charge in [-0.25, -0.2) is 9.59 Å². The van der Waals surface area contributed by atoms with Gasteiger partial charge in [-0.15, -0.1) is 0 Å². The number of ether oxygens (including phenoxy) is 2. The molecule has 2 unspecified atom stereocenters. The highest BCUT2D eigenvalue weighted by molar-refractivity contribution is 5.86. The van der Waals surface area contributed by atoms with Crippen LogP contribution in [0.4, 0.5) is 4.79 Å². The lowest BCUT2D eigenvalue weighted by molar-refractivity contribution is -0.169. The summed E-state index contributed by atoms with van der Waals surface area (Å²) in [6.45, 7) is 3.62. The van der Waals surface area contributed by atoms with E-state index in [0.29, 0.717) is 19.3 Å². The van der Waals surface area contributed by atoms with Gasteiger partial charge in [0.25, 0.3) is 0 Å². The van der Waals surface area contributed by atoms with Crippen LogP contribution in [0.3, 0.4) is 0 Å². The van der Waals surface area contributed by atoms with Gasteiger partial charge in [0.2, 0.25) is 12.5 Å². The minimum Gasteiger partial charge on any atom is -0.462 e. The first-order valence-corrected chi connectivity index (χ1v) is 8.36. The van der Waals surface area contributed by atoms with E-state index in [9.17, 15) is 24.6 Å². The first kappa shape index (κ1) is 20.9. The van der Waals surface area contributed by atoms with Gasteiger partial charge in [-0.1, -0.05) is 26.7 Å². The molecule has 9 heteroatoms. The highest BCUT2D eigenvalue weighted by Crippen LogP contribution is 2.12. The van der Waals surface area contributed by atoms with Crippen molar-refractivity contribution in [3.63, 3.8) is 0 Å². The fourth-order valence-electron chi connectivity index (χ4n) is 2.07. The minimum atomic E-state index is -1.79. The van der Waals surface area contributed by atoms with Crippen molar-refractivity contribution in [2.45, 2.75) is 52.0 Å². The minimum absolute atomic E-state index is 0.117. The molecule has 1 heterocycles. The van der Waals surface area contributed by atoms with Gasteiger partial charge in [-0.2, -0.15) is 0 Å². The summed E-state index contributed by atoms with van der Waals surface area (Å²) in [5.41, 5.74) is 0. The van der Waals surface area contributed by atoms with Crippen LogP contribution >= 0.6 is 0 Å². The third kappa shape index (κ3) is 6.71. The van der Waals surface area contributed by atoms with Gasteiger partial charge >= 0.3 is 18.0 Å². The number of rotatable bonds is 10. The molecule has 0 saturated heterocycles. The van der Waals surface area contributed by atoms with Gasteiger partial charge in [0.15, 0.2) is 0 Å². The topological polar surface area (TPSA) is 117 Å². The van der Waals surface area contributed by atoms with Gasteiger partial charge < -0.3 is 24.6 Å². The molecule has 0 aliphatic carbocycles. The third-order valence-electron chi connectivity index (χ3n) is 3.42. The van der Waals surface area contributed by atoms with Gasteiger partial charge in [-0.3, -0.25) is 9.69 Å². The average Bonchev–Trinajstić information content (AvgIpc) is 2.56. The molecule has 0 spiro atoms. The van der Waals surface area contributed by atoms with E-state index in [-0.39, 0.29) is 13.2 Å². The number of esters is 2. The first-order chi connectivity index (χ1) is 11.9. The highest BCUT2D eigenvalue weighted by Gasteiger charge is 2.33. The Morgan fingerprint density at radius 3 is 2.64 bits per heavy atom. The molecule has 0 aromatic heterocycles. The summed E-state index contributed by atoms with van der Waals surface area (Å²) >= 11 is 0. The molecular formula is C16H26N2O7. The van der Waals surface area contributed by atoms with E-state index in [2.05, 4.69) is 0 Å². The molecule has 1 aliphatic heterocycles. The van der Waals surface area contributed by atoms with Gasteiger partial charge in [0.05, 0.1) is 6.61 Å². The number of aliphatic hydroxyl groups excluding tert-OH is 2. The van der Waals surface area contributed by atoms with Crippen LogP contribution < -0.4 is 0 Å². The number of nitrogens with zero attached hydrogens (tertiary/aromatic N) is 2. The Morgan fingerprint density at radius 1 is 1.28 bits per heavy atom. The summed E-state index contributed by atoms with van der Waals surface area (Å²) in [5, 5.41) is 19.4. The summed E-state index contributed by atoms with van der Waals surface area (Å²) in [4.78, 5) is 37.7. The maximum Gasteiger partial charge on any atom is 0.356 e. The predicted octanol–water partition coefficient (Wildman–Crippen LogP) is 0.561. The fourth-order valence-corrected chi connectivity index (χ4v) is 2.07. The maximum absolute atomic E-state index is 12.3. The lowest BCUT2D eigenvalue weighted by Gasteiger charge is -2.32. The Balaban J connectivity index is 2.58. The number of urea groups is 1. The predicted molar refractivity (Wildman–Crippen MR) is 86.8 cm³/mol. The second kappa shape index (κ2) is 10.7. The molecule has 0 fully saturated rings. The van der Waals surface area contributed by atoms with Crippen molar-refractivity contribution in [2.75, 3.05) is 19.7 Å². The third-order valence-corrected chi connectivity index (χ3v) is 3.42. The Bertz CT molecular complexity index is 495. The molecule has 0 aromatic rings. The lowest BCUT2D eigenvalue weighted by Crippen LogP contribution is -2.52. The van der Waals surface area contributed by atoms with E-state index >= 15 is 0 Å². The molecule has 0 bridgehead atoms. The van der Waals surface area contributed by atoms with Crippen molar-refractivity contribution in [2.24, 2.45) is 0 Å². The molecule has 1 rings (SSSR count). The molecule has 2 atom stereocenters. The molecule has 0 radical (unpaired) electrons. The summed E-state index contributed by atoms with van der Waals surface area (Å²) < 4.78 is 9.66. The number of amides is 2. The van der Waals surface area contributed by atoms with E-state index in [0.717, 1.165) is 16.2 Å². The van der Waals surface area contributed by atoms with E-state index in [1.807, 2.05) is 13.8 Å². The van der Waals surface area contributed by atoms with Crippen LogP contribution in [0.2, 0.25) is 0 Å². The Morgan fingerprint density at radius 2 is 2.00 bits per heavy atom. The monoisotopic (exact) mass is 358 g/mol. The van der Waals surface area contributed by atoms with E-state index in [1.54, 1.807) is 0 Å². The second-order valence-corrected chi connectivity index (χ2v) is 5.58. The van der Waals surface area contributed by atoms with Crippen molar-refractivity contribution in [3.05, 3.63) is 12.3 Å². The largest absolute Gasteiger partial charge is 0.462 e. The molecule has 25 heavy (non-hydrogen) atoms. The summed E-state index contributed by atoms with van der Waals surface area (Å²) in [7, 11) is 0. The van der Waals surface area contributed by atoms with Gasteiger partial charge in [0, 0.05) is 19.2 Å². The second-order valence-electron chi connectivity index (χ2n) is 5.58. The molecule has 0 saturated carbocycles. The highest BCUT2D eigenvalue weighted by atomic mass is 16.6. The van der Waals surface area contributed by atoms with E-state index < -0.39 is 37.0 Å². The van der Waals surface area contributed by atoms with Crippen LogP contribution in [0.5, 0.6) is 0 Å². The van der Waals surface area contributed by atoms with Crippen LogP contribution in [0.1, 0.15) is 39.5 Å². The van der Waals surface area contributed by atoms with Crippen LogP contribution in [0.15, 0.2) is 12.3 Å². The fraction of sp³-hybridized carbons (Fsp3) is 0.688. The molecule has 2 N–H and O–H groups in total. The zero-order chi connectivity index (χ0) is 18.8. The Hall–Kier alpha value is -2.13. The van der Waals surface area contributed by atoms with E-state index in [1.165, 1.54) is 12.3 Å². The first-order valence-electron chi connectivity index (χ1n) is 8.36. The number of carbonyl (C=O) groups is 3. The summed E-state index contributed by atoms with van der Waals surface area (Å²) in [5.74, 6) is -1.71. The molecule has 9 nitrogen and oxygen atoms in total. The number of hydrogen-bond donors (Lipinski definition) is 2. The number of hydrogen-bond acceptors (Lipinski definition) is 7. The quantitative estimate of drug-likeness (QED) is 0.333. The van der Waals surface area contributed by atoms with Crippen LogP contribution in [0.25, 0.3) is 0 Å². The van der Waals surface area contributed by atoms with Crippen molar-refractivity contribution in [1.29, 1.82) is 0 Å². The smallest absolute Gasteiger partial charge is 0.356 e. The molecule has 2 amide bonds. The summed E-state index contributed by atoms with van der Waals surface area (Å²) in [6, 6.07) is -0.732. The molecule has 142 valence electrons. The zero-order valence-electron chi connectivity index (χ0n) is 14.6.